The van der Waals surface area contributed by atoms with E-state index in [1.165, 1.54) is 23.1 Å². The predicted molar refractivity (Wildman–Crippen MR) is 89.3 cm³/mol. The van der Waals surface area contributed by atoms with Gasteiger partial charge < -0.3 is 5.32 Å². The van der Waals surface area contributed by atoms with Crippen LogP contribution in [-0.2, 0) is 11.2 Å². The van der Waals surface area contributed by atoms with Gasteiger partial charge in [-0.2, -0.15) is 0 Å². The first-order chi connectivity index (χ1) is 12.0. The number of aryl methyl sites for hydroxylation is 1. The van der Waals surface area contributed by atoms with Crippen LogP contribution in [0.4, 0.5) is 11.4 Å². The van der Waals surface area contributed by atoms with Crippen molar-refractivity contribution in [1.82, 2.24) is 20.2 Å². The van der Waals surface area contributed by atoms with Crippen molar-refractivity contribution in [3.05, 3.63) is 70.0 Å². The molecule has 25 heavy (non-hydrogen) atoms. The maximum absolute atomic E-state index is 12.1. The van der Waals surface area contributed by atoms with E-state index in [-0.39, 0.29) is 18.0 Å². The van der Waals surface area contributed by atoms with E-state index in [1.807, 2.05) is 19.1 Å². The Morgan fingerprint density at radius 1 is 1.24 bits per heavy atom. The Bertz CT molecular complexity index is 906. The largest absolute Gasteiger partial charge is 0.326 e. The van der Waals surface area contributed by atoms with Crippen molar-refractivity contribution in [2.24, 2.45) is 0 Å². The highest BCUT2D eigenvalue weighted by molar-refractivity contribution is 5.92. The van der Waals surface area contributed by atoms with Crippen molar-refractivity contribution in [3.8, 4) is 5.69 Å². The quantitative estimate of drug-likeness (QED) is 0.562. The molecule has 1 amide bonds. The molecule has 0 aliphatic rings. The van der Waals surface area contributed by atoms with Gasteiger partial charge in [-0.25, -0.2) is 4.68 Å². The summed E-state index contributed by atoms with van der Waals surface area (Å²) in [5.74, 6) is -0.205. The molecule has 0 radical (unpaired) electrons. The second-order valence-electron chi connectivity index (χ2n) is 5.40. The van der Waals surface area contributed by atoms with Crippen LogP contribution in [0.5, 0.6) is 0 Å². The zero-order valence-electron chi connectivity index (χ0n) is 13.3. The second kappa shape index (κ2) is 6.87. The van der Waals surface area contributed by atoms with E-state index in [0.717, 1.165) is 11.3 Å². The fourth-order valence-electron chi connectivity index (χ4n) is 2.39. The summed E-state index contributed by atoms with van der Waals surface area (Å²) in [5, 5.41) is 24.5. The zero-order chi connectivity index (χ0) is 17.8. The minimum atomic E-state index is -0.473. The summed E-state index contributed by atoms with van der Waals surface area (Å²) >= 11 is 0. The predicted octanol–water partition coefficient (Wildman–Crippen LogP) is 2.06. The van der Waals surface area contributed by atoms with Crippen LogP contribution >= 0.6 is 0 Å². The number of aromatic nitrogens is 4. The lowest BCUT2D eigenvalue weighted by atomic mass is 10.1. The molecule has 0 spiro atoms. The van der Waals surface area contributed by atoms with E-state index in [2.05, 4.69) is 20.8 Å². The van der Waals surface area contributed by atoms with Crippen molar-refractivity contribution < 1.29 is 9.72 Å². The fraction of sp³-hybridized carbons (Fsp3) is 0.125. The molecule has 9 heteroatoms. The van der Waals surface area contributed by atoms with E-state index in [4.69, 9.17) is 0 Å². The van der Waals surface area contributed by atoms with Crippen molar-refractivity contribution in [1.29, 1.82) is 0 Å². The van der Waals surface area contributed by atoms with Gasteiger partial charge in [0.1, 0.15) is 6.33 Å². The summed E-state index contributed by atoms with van der Waals surface area (Å²) in [6.07, 6.45) is 1.63. The molecule has 0 saturated heterocycles. The summed E-state index contributed by atoms with van der Waals surface area (Å²) in [7, 11) is 0. The van der Waals surface area contributed by atoms with Gasteiger partial charge in [0, 0.05) is 17.8 Å². The molecular weight excluding hydrogens is 324 g/mol. The van der Waals surface area contributed by atoms with Crippen molar-refractivity contribution in [2.75, 3.05) is 5.32 Å². The summed E-state index contributed by atoms with van der Waals surface area (Å²) < 4.78 is 1.54. The highest BCUT2D eigenvalue weighted by Gasteiger charge is 2.09. The minimum absolute atomic E-state index is 0.00188. The molecule has 9 nitrogen and oxygen atoms in total. The summed E-state index contributed by atoms with van der Waals surface area (Å²) in [4.78, 5) is 22.3. The number of nitro groups is 1. The van der Waals surface area contributed by atoms with Gasteiger partial charge in [-0.15, -0.1) is 5.10 Å². The molecule has 3 aromatic rings. The Morgan fingerprint density at radius 3 is 2.60 bits per heavy atom. The van der Waals surface area contributed by atoms with Crippen molar-refractivity contribution in [2.45, 2.75) is 13.3 Å². The Hall–Kier alpha value is -3.62. The Balaban J connectivity index is 1.66. The monoisotopic (exact) mass is 338 g/mol. The van der Waals surface area contributed by atoms with Crippen LogP contribution in [0.15, 0.2) is 48.8 Å². The SMILES string of the molecule is Cc1cc(NC(=O)Cc2ccc([N+](=O)[O-])cc2)ccc1-n1cnnn1. The minimum Gasteiger partial charge on any atom is -0.326 e. The summed E-state index contributed by atoms with van der Waals surface area (Å²) in [6, 6.07) is 11.3. The van der Waals surface area contributed by atoms with Crippen molar-refractivity contribution >= 4 is 17.3 Å². The number of hydrogen-bond acceptors (Lipinski definition) is 6. The van der Waals surface area contributed by atoms with E-state index >= 15 is 0 Å². The molecule has 1 N–H and O–H groups in total. The molecule has 0 aliphatic heterocycles. The van der Waals surface area contributed by atoms with E-state index < -0.39 is 4.92 Å². The fourth-order valence-corrected chi connectivity index (χ4v) is 2.39. The van der Waals surface area contributed by atoms with Crippen LogP contribution in [0, 0.1) is 17.0 Å². The first-order valence-corrected chi connectivity index (χ1v) is 7.40. The number of carbonyl (C=O) groups excluding carboxylic acids is 1. The number of non-ortho nitro benzene ring substituents is 1. The molecule has 0 saturated carbocycles. The standard InChI is InChI=1S/C16H14N6O3/c1-11-8-13(4-7-15(11)21-10-17-19-20-21)18-16(23)9-12-2-5-14(6-3-12)22(24)25/h2-8,10H,9H2,1H3,(H,18,23). The maximum Gasteiger partial charge on any atom is 0.269 e. The molecule has 0 bridgehead atoms. The van der Waals surface area contributed by atoms with Gasteiger partial charge in [-0.3, -0.25) is 14.9 Å². The smallest absolute Gasteiger partial charge is 0.269 e. The molecule has 3 rings (SSSR count). The van der Waals surface area contributed by atoms with Crippen LogP contribution in [0.1, 0.15) is 11.1 Å². The van der Waals surface area contributed by atoms with Gasteiger partial charge in [0.2, 0.25) is 5.91 Å². The van der Waals surface area contributed by atoms with Gasteiger partial charge in [-0.05, 0) is 46.7 Å². The van der Waals surface area contributed by atoms with Gasteiger partial charge in [-0.1, -0.05) is 12.1 Å². The van der Waals surface area contributed by atoms with Crippen LogP contribution in [0.25, 0.3) is 5.69 Å². The van der Waals surface area contributed by atoms with E-state index in [1.54, 1.807) is 18.2 Å². The number of amides is 1. The average Bonchev–Trinajstić information content (AvgIpc) is 3.09. The number of rotatable bonds is 5. The first-order valence-electron chi connectivity index (χ1n) is 7.40. The maximum atomic E-state index is 12.1. The summed E-state index contributed by atoms with van der Waals surface area (Å²) in [5.41, 5.74) is 3.07. The molecule has 1 aromatic heterocycles. The van der Waals surface area contributed by atoms with E-state index in [0.29, 0.717) is 11.3 Å². The molecule has 1 heterocycles. The number of nitrogens with one attached hydrogen (secondary N) is 1. The average molecular weight is 338 g/mol. The normalized spacial score (nSPS) is 10.4. The lowest BCUT2D eigenvalue weighted by molar-refractivity contribution is -0.384. The number of benzene rings is 2. The van der Waals surface area contributed by atoms with Crippen LogP contribution in [-0.4, -0.2) is 31.0 Å². The molecule has 0 atom stereocenters. The third-order valence-electron chi connectivity index (χ3n) is 3.59. The number of nitro benzene ring substituents is 1. The van der Waals surface area contributed by atoms with E-state index in [9.17, 15) is 14.9 Å². The Kier molecular flexibility index (Phi) is 4.46. The van der Waals surface area contributed by atoms with Gasteiger partial charge in [0.15, 0.2) is 0 Å². The Labute approximate surface area is 142 Å². The first kappa shape index (κ1) is 16.2. The number of tetrazole rings is 1. The third kappa shape index (κ3) is 3.83. The molecule has 126 valence electrons. The highest BCUT2D eigenvalue weighted by atomic mass is 16.6. The molecular formula is C16H14N6O3. The number of hydrogen-bond donors (Lipinski definition) is 1. The van der Waals surface area contributed by atoms with Crippen LogP contribution < -0.4 is 5.32 Å². The summed E-state index contributed by atoms with van der Waals surface area (Å²) in [6.45, 7) is 1.89. The number of anilines is 1. The number of nitrogens with zero attached hydrogens (tertiary/aromatic N) is 5. The van der Waals surface area contributed by atoms with Gasteiger partial charge in [0.05, 0.1) is 17.0 Å². The van der Waals surface area contributed by atoms with Crippen LogP contribution in [0.2, 0.25) is 0 Å². The third-order valence-corrected chi connectivity index (χ3v) is 3.59. The van der Waals surface area contributed by atoms with Gasteiger partial charge in [0.25, 0.3) is 5.69 Å². The van der Waals surface area contributed by atoms with Crippen LogP contribution in [0.3, 0.4) is 0 Å². The second-order valence-corrected chi connectivity index (χ2v) is 5.40. The van der Waals surface area contributed by atoms with Gasteiger partial charge >= 0.3 is 0 Å². The molecule has 0 fully saturated rings. The Morgan fingerprint density at radius 2 is 2.00 bits per heavy atom. The lowest BCUT2D eigenvalue weighted by Crippen LogP contribution is -2.14. The van der Waals surface area contributed by atoms with Crippen molar-refractivity contribution in [3.63, 3.8) is 0 Å². The highest BCUT2D eigenvalue weighted by Crippen LogP contribution is 2.18. The molecule has 0 aliphatic carbocycles. The number of carbonyl (C=O) groups is 1. The zero-order valence-corrected chi connectivity index (χ0v) is 13.3. The topological polar surface area (TPSA) is 116 Å². The molecule has 0 unspecified atom stereocenters. The lowest BCUT2D eigenvalue weighted by Gasteiger charge is -2.09. The molecule has 2 aromatic carbocycles.